The minimum absolute atomic E-state index is 0.410. The largest absolute Gasteiger partial charge is 0.390 e. The monoisotopic (exact) mass is 222 g/mol. The van der Waals surface area contributed by atoms with Gasteiger partial charge in [0, 0.05) is 13.2 Å². The van der Waals surface area contributed by atoms with Gasteiger partial charge in [0.25, 0.3) is 0 Å². The number of aryl methyl sites for hydroxylation is 2. The molecule has 2 rings (SSSR count). The zero-order valence-electron chi connectivity index (χ0n) is 10.2. The zero-order valence-corrected chi connectivity index (χ0v) is 10.2. The maximum absolute atomic E-state index is 10.5. The van der Waals surface area contributed by atoms with Crippen LogP contribution in [-0.2, 0) is 13.5 Å². The lowest BCUT2D eigenvalue weighted by Crippen LogP contribution is -2.28. The molecule has 1 heterocycles. The van der Waals surface area contributed by atoms with Crippen LogP contribution in [0.4, 0.5) is 0 Å². The van der Waals surface area contributed by atoms with Gasteiger partial charge in [-0.25, -0.2) is 0 Å². The molecule has 1 saturated carbocycles. The maximum Gasteiger partial charge on any atom is 0.0651 e. The van der Waals surface area contributed by atoms with E-state index in [0.717, 1.165) is 25.7 Å². The van der Waals surface area contributed by atoms with Crippen molar-refractivity contribution in [2.24, 2.45) is 7.05 Å². The highest BCUT2D eigenvalue weighted by molar-refractivity contribution is 5.04. The SMILES string of the molecule is Cn1cc(CCC2(O)CCCCCC2)cn1. The quantitative estimate of drug-likeness (QED) is 0.798. The number of hydrogen-bond donors (Lipinski definition) is 1. The molecule has 0 bridgehead atoms. The average molecular weight is 222 g/mol. The van der Waals surface area contributed by atoms with Crippen LogP contribution in [0.3, 0.4) is 0 Å². The van der Waals surface area contributed by atoms with Crippen LogP contribution in [-0.4, -0.2) is 20.5 Å². The van der Waals surface area contributed by atoms with Crippen molar-refractivity contribution in [3.05, 3.63) is 18.0 Å². The van der Waals surface area contributed by atoms with Crippen molar-refractivity contribution >= 4 is 0 Å². The molecule has 0 aliphatic heterocycles. The summed E-state index contributed by atoms with van der Waals surface area (Å²) in [5, 5.41) is 14.6. The Hall–Kier alpha value is -0.830. The van der Waals surface area contributed by atoms with E-state index >= 15 is 0 Å². The lowest BCUT2D eigenvalue weighted by Gasteiger charge is -2.26. The van der Waals surface area contributed by atoms with Crippen molar-refractivity contribution < 1.29 is 5.11 Å². The fraction of sp³-hybridized carbons (Fsp3) is 0.769. The number of hydrogen-bond acceptors (Lipinski definition) is 2. The molecule has 0 spiro atoms. The van der Waals surface area contributed by atoms with E-state index in [1.54, 1.807) is 0 Å². The predicted molar refractivity (Wildman–Crippen MR) is 64.2 cm³/mol. The maximum atomic E-state index is 10.5. The molecular weight excluding hydrogens is 200 g/mol. The number of aliphatic hydroxyl groups is 1. The Balaban J connectivity index is 1.87. The Morgan fingerprint density at radius 2 is 2.00 bits per heavy atom. The summed E-state index contributed by atoms with van der Waals surface area (Å²) >= 11 is 0. The third kappa shape index (κ3) is 3.08. The Labute approximate surface area is 97.5 Å². The molecule has 0 unspecified atom stereocenters. The van der Waals surface area contributed by atoms with E-state index in [1.807, 2.05) is 24.1 Å². The number of rotatable bonds is 3. The van der Waals surface area contributed by atoms with Crippen LogP contribution in [0.15, 0.2) is 12.4 Å². The summed E-state index contributed by atoms with van der Waals surface area (Å²) in [5.74, 6) is 0. The third-order valence-electron chi connectivity index (χ3n) is 3.67. The first-order valence-electron chi connectivity index (χ1n) is 6.38. The highest BCUT2D eigenvalue weighted by atomic mass is 16.3. The first kappa shape index (κ1) is 11.6. The van der Waals surface area contributed by atoms with Crippen LogP contribution < -0.4 is 0 Å². The minimum Gasteiger partial charge on any atom is -0.390 e. The van der Waals surface area contributed by atoms with Crippen molar-refractivity contribution in [3.63, 3.8) is 0 Å². The Bertz CT molecular complexity index is 324. The van der Waals surface area contributed by atoms with E-state index in [0.29, 0.717) is 0 Å². The fourth-order valence-corrected chi connectivity index (χ4v) is 2.61. The Morgan fingerprint density at radius 3 is 2.56 bits per heavy atom. The smallest absolute Gasteiger partial charge is 0.0651 e. The molecule has 1 N–H and O–H groups in total. The Morgan fingerprint density at radius 1 is 1.31 bits per heavy atom. The number of nitrogens with zero attached hydrogens (tertiary/aromatic N) is 2. The lowest BCUT2D eigenvalue weighted by molar-refractivity contribution is 0.0167. The van der Waals surface area contributed by atoms with Gasteiger partial charge >= 0.3 is 0 Å². The molecule has 16 heavy (non-hydrogen) atoms. The molecule has 90 valence electrons. The lowest BCUT2D eigenvalue weighted by atomic mass is 9.88. The highest BCUT2D eigenvalue weighted by Gasteiger charge is 2.27. The molecule has 1 aliphatic rings. The zero-order chi connectivity index (χ0) is 11.4. The summed E-state index contributed by atoms with van der Waals surface area (Å²) in [6, 6.07) is 0. The van der Waals surface area contributed by atoms with E-state index in [9.17, 15) is 5.11 Å². The molecule has 0 atom stereocenters. The molecule has 0 amide bonds. The van der Waals surface area contributed by atoms with E-state index in [4.69, 9.17) is 0 Å². The van der Waals surface area contributed by atoms with Crippen molar-refractivity contribution in [2.75, 3.05) is 0 Å². The second-order valence-electron chi connectivity index (χ2n) is 5.16. The molecule has 1 aromatic heterocycles. The van der Waals surface area contributed by atoms with Crippen LogP contribution in [0.1, 0.15) is 50.5 Å². The third-order valence-corrected chi connectivity index (χ3v) is 3.67. The molecule has 0 saturated heterocycles. The first-order valence-corrected chi connectivity index (χ1v) is 6.38. The summed E-state index contributed by atoms with van der Waals surface area (Å²) in [6.45, 7) is 0. The van der Waals surface area contributed by atoms with Crippen LogP contribution >= 0.6 is 0 Å². The first-order chi connectivity index (χ1) is 7.68. The van der Waals surface area contributed by atoms with Gasteiger partial charge in [-0.05, 0) is 31.2 Å². The highest BCUT2D eigenvalue weighted by Crippen LogP contribution is 2.30. The topological polar surface area (TPSA) is 38.0 Å². The summed E-state index contributed by atoms with van der Waals surface area (Å²) in [6.07, 6.45) is 12.7. The van der Waals surface area contributed by atoms with Crippen molar-refractivity contribution in [2.45, 2.75) is 57.0 Å². The average Bonchev–Trinajstić information content (AvgIpc) is 2.54. The van der Waals surface area contributed by atoms with Gasteiger partial charge in [0.15, 0.2) is 0 Å². The molecule has 0 radical (unpaired) electrons. The molecular formula is C13H22N2O. The molecule has 3 nitrogen and oxygen atoms in total. The van der Waals surface area contributed by atoms with Gasteiger partial charge in [-0.15, -0.1) is 0 Å². The van der Waals surface area contributed by atoms with E-state index in [1.165, 1.54) is 31.2 Å². The van der Waals surface area contributed by atoms with Gasteiger partial charge in [0.1, 0.15) is 0 Å². The molecule has 0 aromatic carbocycles. The van der Waals surface area contributed by atoms with Gasteiger partial charge in [-0.3, -0.25) is 4.68 Å². The Kier molecular flexibility index (Phi) is 3.64. The van der Waals surface area contributed by atoms with Crippen LogP contribution in [0, 0.1) is 0 Å². The summed E-state index contributed by atoms with van der Waals surface area (Å²) in [7, 11) is 1.93. The normalized spacial score (nSPS) is 20.6. The predicted octanol–water partition coefficient (Wildman–Crippen LogP) is 2.44. The van der Waals surface area contributed by atoms with Gasteiger partial charge in [-0.1, -0.05) is 25.7 Å². The molecule has 1 aromatic rings. The van der Waals surface area contributed by atoms with Gasteiger partial charge in [-0.2, -0.15) is 5.10 Å². The van der Waals surface area contributed by atoms with Crippen LogP contribution in [0.2, 0.25) is 0 Å². The fourth-order valence-electron chi connectivity index (χ4n) is 2.61. The van der Waals surface area contributed by atoms with Crippen LogP contribution in [0.25, 0.3) is 0 Å². The van der Waals surface area contributed by atoms with Gasteiger partial charge in [0.2, 0.25) is 0 Å². The van der Waals surface area contributed by atoms with Crippen molar-refractivity contribution in [1.29, 1.82) is 0 Å². The molecule has 1 aliphatic carbocycles. The minimum atomic E-state index is -0.410. The molecule has 3 heteroatoms. The van der Waals surface area contributed by atoms with Crippen molar-refractivity contribution in [1.82, 2.24) is 9.78 Å². The van der Waals surface area contributed by atoms with Gasteiger partial charge < -0.3 is 5.11 Å². The standard InChI is InChI=1S/C13H22N2O/c1-15-11-12(10-14-15)6-9-13(16)7-4-2-3-5-8-13/h10-11,16H,2-9H2,1H3. The second kappa shape index (κ2) is 5.00. The number of aromatic nitrogens is 2. The van der Waals surface area contributed by atoms with Crippen LogP contribution in [0.5, 0.6) is 0 Å². The van der Waals surface area contributed by atoms with E-state index in [2.05, 4.69) is 5.10 Å². The molecule has 1 fully saturated rings. The summed E-state index contributed by atoms with van der Waals surface area (Å²) < 4.78 is 1.83. The van der Waals surface area contributed by atoms with Crippen molar-refractivity contribution in [3.8, 4) is 0 Å². The summed E-state index contributed by atoms with van der Waals surface area (Å²) in [5.41, 5.74) is 0.826. The van der Waals surface area contributed by atoms with Gasteiger partial charge in [0.05, 0.1) is 11.8 Å². The van der Waals surface area contributed by atoms with E-state index in [-0.39, 0.29) is 0 Å². The summed E-state index contributed by atoms with van der Waals surface area (Å²) in [4.78, 5) is 0. The van der Waals surface area contributed by atoms with E-state index < -0.39 is 5.60 Å². The second-order valence-corrected chi connectivity index (χ2v) is 5.16.